The molecule has 4 aliphatic carbocycles. The molecule has 1 aromatic carbocycles. The molecule has 0 unspecified atom stereocenters. The first-order chi connectivity index (χ1) is 9.63. The van der Waals surface area contributed by atoms with Crippen LogP contribution in [-0.2, 0) is 0 Å². The summed E-state index contributed by atoms with van der Waals surface area (Å²) in [4.78, 5) is 11.3. The topological polar surface area (TPSA) is 46.5 Å². The highest BCUT2D eigenvalue weighted by atomic mass is 16.5. The Balaban J connectivity index is 1.64. The molecule has 0 aliphatic heterocycles. The van der Waals surface area contributed by atoms with E-state index in [0.717, 1.165) is 37.0 Å². The van der Waals surface area contributed by atoms with E-state index >= 15 is 0 Å². The zero-order chi connectivity index (χ0) is 13.7. The maximum Gasteiger partial charge on any atom is 0.339 e. The Morgan fingerprint density at radius 3 is 2.15 bits per heavy atom. The van der Waals surface area contributed by atoms with Gasteiger partial charge in [-0.15, -0.1) is 0 Å². The zero-order valence-electron chi connectivity index (χ0n) is 11.5. The van der Waals surface area contributed by atoms with Crippen LogP contribution in [0.3, 0.4) is 0 Å². The molecule has 5 rings (SSSR count). The summed E-state index contributed by atoms with van der Waals surface area (Å²) >= 11 is 0. The van der Waals surface area contributed by atoms with E-state index < -0.39 is 5.97 Å². The van der Waals surface area contributed by atoms with Gasteiger partial charge in [0.2, 0.25) is 0 Å². The molecule has 0 radical (unpaired) electrons. The van der Waals surface area contributed by atoms with Gasteiger partial charge in [0, 0.05) is 0 Å². The average molecular weight is 272 g/mol. The van der Waals surface area contributed by atoms with Crippen LogP contribution in [0.2, 0.25) is 0 Å². The van der Waals surface area contributed by atoms with E-state index in [1.165, 1.54) is 19.3 Å². The van der Waals surface area contributed by atoms with Gasteiger partial charge in [-0.2, -0.15) is 0 Å². The first-order valence-electron chi connectivity index (χ1n) is 7.65. The van der Waals surface area contributed by atoms with Gasteiger partial charge in [-0.05, 0) is 68.4 Å². The number of carboxylic acids is 1. The Kier molecular flexibility index (Phi) is 2.60. The minimum atomic E-state index is -0.898. The van der Waals surface area contributed by atoms with Gasteiger partial charge in [0.25, 0.3) is 0 Å². The summed E-state index contributed by atoms with van der Waals surface area (Å²) in [6.07, 6.45) is 7.45. The Morgan fingerprint density at radius 2 is 1.60 bits per heavy atom. The van der Waals surface area contributed by atoms with Gasteiger partial charge in [-0.3, -0.25) is 0 Å². The predicted octanol–water partition coefficient (Wildman–Crippen LogP) is 3.73. The van der Waals surface area contributed by atoms with Crippen LogP contribution >= 0.6 is 0 Å². The van der Waals surface area contributed by atoms with Crippen molar-refractivity contribution in [2.45, 2.75) is 44.1 Å². The third-order valence-electron chi connectivity index (χ3n) is 5.43. The van der Waals surface area contributed by atoms with E-state index in [2.05, 4.69) is 0 Å². The van der Waals surface area contributed by atoms with Crippen molar-refractivity contribution < 1.29 is 14.6 Å². The highest BCUT2D eigenvalue weighted by Crippen LogP contribution is 2.57. The standard InChI is InChI=1S/C17H20O3/c18-16(19)14-3-1-2-4-15(14)20-17-8-11-5-12(9-17)7-13(6-11)10-17/h1-4,11-13H,5-10H2,(H,18,19). The number of para-hydroxylation sites is 1. The minimum Gasteiger partial charge on any atom is -0.486 e. The second-order valence-electron chi connectivity index (χ2n) is 7.00. The first kappa shape index (κ1) is 12.2. The molecule has 4 saturated carbocycles. The maximum atomic E-state index is 11.3. The number of ether oxygens (including phenoxy) is 1. The molecule has 1 aromatic rings. The van der Waals surface area contributed by atoms with Crippen LogP contribution in [0.4, 0.5) is 0 Å². The summed E-state index contributed by atoms with van der Waals surface area (Å²) < 4.78 is 6.33. The number of carbonyl (C=O) groups is 1. The third-order valence-corrected chi connectivity index (χ3v) is 5.43. The number of aromatic carboxylic acids is 1. The second kappa shape index (κ2) is 4.24. The molecule has 0 heterocycles. The van der Waals surface area contributed by atoms with Gasteiger partial charge in [0.05, 0.1) is 0 Å². The third kappa shape index (κ3) is 1.91. The zero-order valence-corrected chi connectivity index (χ0v) is 11.5. The van der Waals surface area contributed by atoms with E-state index in [0.29, 0.717) is 11.3 Å². The maximum absolute atomic E-state index is 11.3. The van der Waals surface area contributed by atoms with Gasteiger partial charge in [0.1, 0.15) is 16.9 Å². The number of hydrogen-bond donors (Lipinski definition) is 1. The van der Waals surface area contributed by atoms with Crippen molar-refractivity contribution in [2.24, 2.45) is 17.8 Å². The molecule has 0 amide bonds. The summed E-state index contributed by atoms with van der Waals surface area (Å²) in [5, 5.41) is 9.30. The normalized spacial score (nSPS) is 37.9. The van der Waals surface area contributed by atoms with Crippen LogP contribution in [0.25, 0.3) is 0 Å². The fraction of sp³-hybridized carbons (Fsp3) is 0.588. The van der Waals surface area contributed by atoms with Crippen molar-refractivity contribution in [1.82, 2.24) is 0 Å². The van der Waals surface area contributed by atoms with Crippen LogP contribution in [0, 0.1) is 17.8 Å². The fourth-order valence-electron chi connectivity index (χ4n) is 5.12. The number of benzene rings is 1. The molecule has 3 nitrogen and oxygen atoms in total. The molecule has 0 aromatic heterocycles. The number of carboxylic acid groups (broad SMARTS) is 1. The van der Waals surface area contributed by atoms with Crippen LogP contribution in [0.1, 0.15) is 48.9 Å². The van der Waals surface area contributed by atoms with Gasteiger partial charge >= 0.3 is 5.97 Å². The van der Waals surface area contributed by atoms with Crippen molar-refractivity contribution in [2.75, 3.05) is 0 Å². The van der Waals surface area contributed by atoms with Crippen LogP contribution < -0.4 is 4.74 Å². The van der Waals surface area contributed by atoms with Crippen LogP contribution in [0.5, 0.6) is 5.75 Å². The molecular weight excluding hydrogens is 252 g/mol. The van der Waals surface area contributed by atoms with Gasteiger partial charge in [0.15, 0.2) is 0 Å². The highest BCUT2D eigenvalue weighted by Gasteiger charge is 2.52. The molecule has 0 atom stereocenters. The first-order valence-corrected chi connectivity index (χ1v) is 7.65. The van der Waals surface area contributed by atoms with Crippen molar-refractivity contribution in [3.05, 3.63) is 29.8 Å². The Bertz CT molecular complexity index is 514. The molecular formula is C17H20O3. The molecule has 106 valence electrons. The van der Waals surface area contributed by atoms with Crippen LogP contribution in [0.15, 0.2) is 24.3 Å². The molecule has 1 N–H and O–H groups in total. The average Bonchev–Trinajstić information content (AvgIpc) is 2.36. The fourth-order valence-corrected chi connectivity index (χ4v) is 5.12. The van der Waals surface area contributed by atoms with Gasteiger partial charge in [-0.1, -0.05) is 12.1 Å². The quantitative estimate of drug-likeness (QED) is 0.912. The molecule has 0 spiro atoms. The predicted molar refractivity (Wildman–Crippen MR) is 74.9 cm³/mol. The van der Waals surface area contributed by atoms with Crippen LogP contribution in [-0.4, -0.2) is 16.7 Å². The molecule has 4 fully saturated rings. The Labute approximate surface area is 118 Å². The van der Waals surface area contributed by atoms with Crippen molar-refractivity contribution >= 4 is 5.97 Å². The molecule has 0 saturated heterocycles. The smallest absolute Gasteiger partial charge is 0.339 e. The highest BCUT2D eigenvalue weighted by molar-refractivity contribution is 5.90. The van der Waals surface area contributed by atoms with E-state index in [9.17, 15) is 9.90 Å². The van der Waals surface area contributed by atoms with E-state index in [1.54, 1.807) is 12.1 Å². The summed E-state index contributed by atoms with van der Waals surface area (Å²) in [6.45, 7) is 0. The summed E-state index contributed by atoms with van der Waals surface area (Å²) in [5.41, 5.74) is 0.212. The molecule has 4 aliphatic rings. The lowest BCUT2D eigenvalue weighted by Crippen LogP contribution is -2.53. The second-order valence-corrected chi connectivity index (χ2v) is 7.00. The largest absolute Gasteiger partial charge is 0.486 e. The van der Waals surface area contributed by atoms with Crippen molar-refractivity contribution in [3.8, 4) is 5.75 Å². The molecule has 3 heteroatoms. The minimum absolute atomic E-state index is 0.0830. The Morgan fingerprint density at radius 1 is 1.05 bits per heavy atom. The summed E-state index contributed by atoms with van der Waals surface area (Å²) in [7, 11) is 0. The monoisotopic (exact) mass is 272 g/mol. The summed E-state index contributed by atoms with van der Waals surface area (Å²) in [5.74, 6) is 2.07. The van der Waals surface area contributed by atoms with E-state index in [1.807, 2.05) is 12.1 Å². The Hall–Kier alpha value is -1.51. The van der Waals surface area contributed by atoms with Gasteiger partial charge < -0.3 is 9.84 Å². The van der Waals surface area contributed by atoms with Gasteiger partial charge in [-0.25, -0.2) is 4.79 Å². The number of hydrogen-bond acceptors (Lipinski definition) is 2. The molecule has 20 heavy (non-hydrogen) atoms. The lowest BCUT2D eigenvalue weighted by Gasteiger charge is -2.56. The van der Waals surface area contributed by atoms with E-state index in [4.69, 9.17) is 4.74 Å². The van der Waals surface area contributed by atoms with E-state index in [-0.39, 0.29) is 5.60 Å². The SMILES string of the molecule is O=C(O)c1ccccc1OC12CC3CC(CC(C3)C1)C2. The summed E-state index contributed by atoms with van der Waals surface area (Å²) in [6, 6.07) is 7.07. The van der Waals surface area contributed by atoms with Crippen molar-refractivity contribution in [3.63, 3.8) is 0 Å². The lowest BCUT2D eigenvalue weighted by molar-refractivity contribution is -0.107. The number of rotatable bonds is 3. The lowest BCUT2D eigenvalue weighted by atomic mass is 9.54. The molecule has 4 bridgehead atoms. The van der Waals surface area contributed by atoms with Crippen molar-refractivity contribution in [1.29, 1.82) is 0 Å².